The first kappa shape index (κ1) is 6.00. The molecule has 0 spiro atoms. The molecule has 0 aromatic rings. The van der Waals surface area contributed by atoms with Crippen LogP contribution in [0.2, 0.25) is 0 Å². The predicted octanol–water partition coefficient (Wildman–Crippen LogP) is -1.72. The Morgan fingerprint density at radius 1 is 1.62 bits per heavy atom. The third kappa shape index (κ3) is 1.18. The summed E-state index contributed by atoms with van der Waals surface area (Å²) in [5.74, 6) is -0.146. The highest BCUT2D eigenvalue weighted by molar-refractivity contribution is 7.89. The molecule has 0 bridgehead atoms. The second-order valence-corrected chi connectivity index (χ2v) is 3.64. The lowest BCUT2D eigenvalue weighted by Crippen LogP contribution is -2.15. The fraction of sp³-hybridized carbons (Fsp3) is 1.00. The van der Waals surface area contributed by atoms with Gasteiger partial charge in [0.1, 0.15) is 0 Å². The zero-order valence-corrected chi connectivity index (χ0v) is 4.98. The fourth-order valence-electron chi connectivity index (χ4n) is 0.594. The number of sulfonamides is 1. The highest BCUT2D eigenvalue weighted by Gasteiger charge is 2.24. The molecule has 1 saturated heterocycles. The molecule has 0 amide bonds. The summed E-state index contributed by atoms with van der Waals surface area (Å²) in [5.41, 5.74) is 0. The van der Waals surface area contributed by atoms with Gasteiger partial charge in [0.25, 0.3) is 0 Å². The first-order chi connectivity index (χ1) is 3.60. The van der Waals surface area contributed by atoms with Crippen LogP contribution in [0.15, 0.2) is 0 Å². The van der Waals surface area contributed by atoms with Gasteiger partial charge < -0.3 is 5.11 Å². The van der Waals surface area contributed by atoms with Crippen molar-refractivity contribution < 1.29 is 13.5 Å². The van der Waals surface area contributed by atoms with Crippen LogP contribution in [0.25, 0.3) is 0 Å². The second-order valence-electron chi connectivity index (χ2n) is 1.78. The van der Waals surface area contributed by atoms with E-state index in [1.165, 1.54) is 0 Å². The highest BCUT2D eigenvalue weighted by Crippen LogP contribution is 1.97. The van der Waals surface area contributed by atoms with Gasteiger partial charge in [-0.15, -0.1) is 0 Å². The van der Waals surface area contributed by atoms with E-state index in [1.54, 1.807) is 0 Å². The van der Waals surface area contributed by atoms with Gasteiger partial charge in [-0.2, -0.15) is 0 Å². The van der Waals surface area contributed by atoms with Gasteiger partial charge in [-0.25, -0.2) is 13.1 Å². The first-order valence-electron chi connectivity index (χ1n) is 2.25. The van der Waals surface area contributed by atoms with Crippen LogP contribution in [0.4, 0.5) is 0 Å². The number of rotatable bonds is 0. The van der Waals surface area contributed by atoms with E-state index in [9.17, 15) is 8.42 Å². The van der Waals surface area contributed by atoms with E-state index in [4.69, 9.17) is 5.11 Å². The maximum atomic E-state index is 10.4. The van der Waals surface area contributed by atoms with E-state index in [1.807, 2.05) is 0 Å². The maximum absolute atomic E-state index is 10.4. The molecular weight excluding hydrogens is 130 g/mol. The molecule has 1 fully saturated rings. The Balaban J connectivity index is 2.71. The van der Waals surface area contributed by atoms with Crippen molar-refractivity contribution in [2.24, 2.45) is 0 Å². The average molecular weight is 137 g/mol. The van der Waals surface area contributed by atoms with Gasteiger partial charge in [-0.1, -0.05) is 0 Å². The van der Waals surface area contributed by atoms with Gasteiger partial charge >= 0.3 is 0 Å². The van der Waals surface area contributed by atoms with Crippen molar-refractivity contribution >= 4 is 10.0 Å². The Hall–Kier alpha value is -0.130. The molecule has 0 aromatic heterocycles. The number of β-amino-alcohol motifs (C(OH)–C–C–N with tert-alkyl or cyclic N) is 1. The number of hydrogen-bond donors (Lipinski definition) is 2. The molecule has 2 N–H and O–H groups in total. The molecule has 0 radical (unpaired) electrons. The van der Waals surface area contributed by atoms with Crippen molar-refractivity contribution in [2.45, 2.75) is 6.10 Å². The van der Waals surface area contributed by atoms with Crippen LogP contribution in [0.3, 0.4) is 0 Å². The van der Waals surface area contributed by atoms with Gasteiger partial charge in [-0.3, -0.25) is 0 Å². The van der Waals surface area contributed by atoms with Crippen LogP contribution in [0.1, 0.15) is 0 Å². The molecule has 0 aromatic carbocycles. The van der Waals surface area contributed by atoms with E-state index in [2.05, 4.69) is 4.72 Å². The van der Waals surface area contributed by atoms with Gasteiger partial charge in [-0.05, 0) is 0 Å². The van der Waals surface area contributed by atoms with Crippen LogP contribution in [0.5, 0.6) is 0 Å². The molecule has 1 aliphatic rings. The van der Waals surface area contributed by atoms with Crippen molar-refractivity contribution in [1.82, 2.24) is 4.72 Å². The monoisotopic (exact) mass is 137 g/mol. The molecule has 48 valence electrons. The van der Waals surface area contributed by atoms with E-state index < -0.39 is 16.1 Å². The van der Waals surface area contributed by atoms with Gasteiger partial charge in [0, 0.05) is 6.54 Å². The number of hydrogen-bond acceptors (Lipinski definition) is 3. The zero-order chi connectivity index (χ0) is 6.20. The standard InChI is InChI=1S/C3H7NO3S/c5-3-1-4-8(6,7)2-3/h3-5H,1-2H2. The third-order valence-electron chi connectivity index (χ3n) is 0.951. The molecule has 1 heterocycles. The van der Waals surface area contributed by atoms with Crippen molar-refractivity contribution in [3.63, 3.8) is 0 Å². The van der Waals surface area contributed by atoms with Crippen LogP contribution in [-0.2, 0) is 10.0 Å². The lowest BCUT2D eigenvalue weighted by atomic mass is 10.4. The number of aliphatic hydroxyl groups is 1. The summed E-state index contributed by atoms with van der Waals surface area (Å²) in [7, 11) is -3.10. The minimum atomic E-state index is -3.10. The maximum Gasteiger partial charge on any atom is 0.214 e. The Morgan fingerprint density at radius 3 is 2.38 bits per heavy atom. The van der Waals surface area contributed by atoms with E-state index >= 15 is 0 Å². The summed E-state index contributed by atoms with van der Waals surface area (Å²) in [6.45, 7) is 0.169. The molecule has 1 aliphatic heterocycles. The molecule has 4 nitrogen and oxygen atoms in total. The molecular formula is C3H7NO3S. The second kappa shape index (κ2) is 1.68. The summed E-state index contributed by atoms with van der Waals surface area (Å²) in [6.07, 6.45) is -0.708. The Kier molecular flexibility index (Phi) is 1.26. The van der Waals surface area contributed by atoms with Crippen LogP contribution in [0, 0.1) is 0 Å². The molecule has 1 unspecified atom stereocenters. The zero-order valence-electron chi connectivity index (χ0n) is 4.16. The Labute approximate surface area is 47.6 Å². The lowest BCUT2D eigenvalue weighted by Gasteiger charge is -1.88. The quantitative estimate of drug-likeness (QED) is 0.417. The Bertz CT molecular complexity index is 173. The van der Waals surface area contributed by atoms with Crippen LogP contribution < -0.4 is 4.72 Å². The van der Waals surface area contributed by atoms with Gasteiger partial charge in [0.05, 0.1) is 11.9 Å². The number of aliphatic hydroxyl groups excluding tert-OH is 1. The first-order valence-corrected chi connectivity index (χ1v) is 3.91. The normalized spacial score (nSPS) is 35.4. The lowest BCUT2D eigenvalue weighted by molar-refractivity contribution is 0.211. The van der Waals surface area contributed by atoms with Crippen LogP contribution >= 0.6 is 0 Å². The largest absolute Gasteiger partial charge is 0.391 e. The van der Waals surface area contributed by atoms with Gasteiger partial charge in [0.15, 0.2) is 0 Å². The summed E-state index contributed by atoms with van der Waals surface area (Å²) in [4.78, 5) is 0. The Morgan fingerprint density at radius 2 is 2.25 bits per heavy atom. The van der Waals surface area contributed by atoms with Gasteiger partial charge in [0.2, 0.25) is 10.0 Å². The highest BCUT2D eigenvalue weighted by atomic mass is 32.2. The van der Waals surface area contributed by atoms with Crippen molar-refractivity contribution in [3.8, 4) is 0 Å². The SMILES string of the molecule is O=S1(=O)CC(O)CN1. The predicted molar refractivity (Wildman–Crippen MR) is 27.8 cm³/mol. The van der Waals surface area contributed by atoms with E-state index in [0.717, 1.165) is 0 Å². The topological polar surface area (TPSA) is 66.4 Å². The molecule has 8 heavy (non-hydrogen) atoms. The fourth-order valence-corrected chi connectivity index (χ4v) is 1.78. The number of nitrogens with one attached hydrogen (secondary N) is 1. The summed E-state index contributed by atoms with van der Waals surface area (Å²) in [5, 5.41) is 8.62. The van der Waals surface area contributed by atoms with E-state index in [0.29, 0.717) is 0 Å². The minimum Gasteiger partial charge on any atom is -0.391 e. The van der Waals surface area contributed by atoms with Crippen molar-refractivity contribution in [3.05, 3.63) is 0 Å². The average Bonchev–Trinajstić information content (AvgIpc) is 1.82. The smallest absolute Gasteiger partial charge is 0.214 e. The molecule has 1 rings (SSSR count). The molecule has 1 atom stereocenters. The minimum absolute atomic E-state index is 0.146. The van der Waals surface area contributed by atoms with E-state index in [-0.39, 0.29) is 12.3 Å². The molecule has 0 saturated carbocycles. The molecule has 5 heteroatoms. The molecule has 0 aliphatic carbocycles. The van der Waals surface area contributed by atoms with Crippen LogP contribution in [-0.4, -0.2) is 31.9 Å². The van der Waals surface area contributed by atoms with Crippen molar-refractivity contribution in [2.75, 3.05) is 12.3 Å². The summed E-state index contributed by atoms with van der Waals surface area (Å²) in [6, 6.07) is 0. The summed E-state index contributed by atoms with van der Waals surface area (Å²) < 4.78 is 22.9. The third-order valence-corrected chi connectivity index (χ3v) is 2.38. The van der Waals surface area contributed by atoms with Crippen molar-refractivity contribution in [1.29, 1.82) is 0 Å². The summed E-state index contributed by atoms with van der Waals surface area (Å²) >= 11 is 0.